The molecule has 1 aromatic heterocycles. The van der Waals surface area contributed by atoms with E-state index in [-0.39, 0.29) is 5.75 Å². The molecule has 86 valence electrons. The molecule has 0 atom stereocenters. The van der Waals surface area contributed by atoms with Crippen LogP contribution in [0.5, 0.6) is 5.75 Å². The Morgan fingerprint density at radius 3 is 2.76 bits per heavy atom. The first-order valence-corrected chi connectivity index (χ1v) is 6.11. The van der Waals surface area contributed by atoms with E-state index in [1.807, 2.05) is 29.8 Å². The van der Waals surface area contributed by atoms with E-state index in [2.05, 4.69) is 18.3 Å². The van der Waals surface area contributed by atoms with Gasteiger partial charge in [-0.05, 0) is 47.7 Å². The molecule has 0 radical (unpaired) electrons. The Labute approximate surface area is 105 Å². The molecule has 2 aromatic rings. The molecule has 0 unspecified atom stereocenters. The Bertz CT molecular complexity index is 570. The molecular formula is C14H13NOS. The van der Waals surface area contributed by atoms with E-state index in [4.69, 9.17) is 0 Å². The van der Waals surface area contributed by atoms with E-state index in [9.17, 15) is 5.11 Å². The lowest BCUT2D eigenvalue weighted by Crippen LogP contribution is -1.86. The number of phenolic OH excluding ortho intramolecular Hbond substituents is 1. The summed E-state index contributed by atoms with van der Waals surface area (Å²) in [6, 6.07) is 3.92. The van der Waals surface area contributed by atoms with Crippen molar-refractivity contribution in [3.05, 3.63) is 40.6 Å². The van der Waals surface area contributed by atoms with Crippen LogP contribution in [0, 0.1) is 6.92 Å². The average molecular weight is 243 g/mol. The number of thiophene rings is 1. The van der Waals surface area contributed by atoms with Crippen molar-refractivity contribution in [1.82, 2.24) is 0 Å². The van der Waals surface area contributed by atoms with Crippen molar-refractivity contribution in [2.24, 2.45) is 4.99 Å². The van der Waals surface area contributed by atoms with E-state index in [1.54, 1.807) is 17.4 Å². The number of phenols is 1. The van der Waals surface area contributed by atoms with Crippen molar-refractivity contribution >= 4 is 29.8 Å². The van der Waals surface area contributed by atoms with Crippen molar-refractivity contribution in [3.8, 4) is 16.9 Å². The Kier molecular flexibility index (Phi) is 3.11. The van der Waals surface area contributed by atoms with Crippen molar-refractivity contribution in [2.45, 2.75) is 6.92 Å². The molecule has 2 nitrogen and oxygen atoms in total. The Hall–Kier alpha value is -1.87. The normalized spacial score (nSPS) is 10.2. The zero-order valence-corrected chi connectivity index (χ0v) is 10.4. The molecule has 17 heavy (non-hydrogen) atoms. The number of aliphatic imine (C=N–C) groups is 1. The van der Waals surface area contributed by atoms with Gasteiger partial charge >= 0.3 is 0 Å². The summed E-state index contributed by atoms with van der Waals surface area (Å²) in [4.78, 5) is 3.90. The third kappa shape index (κ3) is 1.89. The molecule has 0 aliphatic carbocycles. The number of hydrogen-bond donors (Lipinski definition) is 1. The van der Waals surface area contributed by atoms with Crippen molar-refractivity contribution < 1.29 is 5.11 Å². The first-order valence-electron chi connectivity index (χ1n) is 5.17. The standard InChI is InChI=1S/C14H13NOS/c1-4-11-9(2)7-12(10-5-6-17-8-10)14(16)13(11)15-3/h4-8,16H,1,3H2,2H3. The maximum atomic E-state index is 10.2. The SMILES string of the molecule is C=Cc1c(C)cc(-c2ccsc2)c(O)c1N=C. The van der Waals surface area contributed by atoms with Gasteiger partial charge in [-0.3, -0.25) is 4.99 Å². The van der Waals surface area contributed by atoms with Gasteiger partial charge in [0.05, 0.1) is 0 Å². The van der Waals surface area contributed by atoms with E-state index in [0.29, 0.717) is 5.69 Å². The summed E-state index contributed by atoms with van der Waals surface area (Å²) >= 11 is 1.59. The molecule has 0 bridgehead atoms. The molecule has 0 fully saturated rings. The Morgan fingerprint density at radius 1 is 1.47 bits per heavy atom. The lowest BCUT2D eigenvalue weighted by atomic mass is 9.98. The van der Waals surface area contributed by atoms with E-state index >= 15 is 0 Å². The van der Waals surface area contributed by atoms with Gasteiger partial charge in [-0.25, -0.2) is 0 Å². The van der Waals surface area contributed by atoms with Crippen molar-refractivity contribution in [1.29, 1.82) is 0 Å². The first-order chi connectivity index (χ1) is 8.19. The predicted octanol–water partition coefficient (Wildman–Crippen LogP) is 4.40. The molecule has 0 aliphatic heterocycles. The third-order valence-corrected chi connectivity index (χ3v) is 3.40. The number of aromatic hydroxyl groups is 1. The molecule has 0 aliphatic rings. The van der Waals surface area contributed by atoms with Crippen LogP contribution in [0.2, 0.25) is 0 Å². The summed E-state index contributed by atoms with van der Waals surface area (Å²) in [5, 5.41) is 14.2. The van der Waals surface area contributed by atoms with E-state index in [0.717, 1.165) is 22.3 Å². The Balaban J connectivity index is 2.76. The zero-order chi connectivity index (χ0) is 12.4. The second-order valence-electron chi connectivity index (χ2n) is 3.73. The molecule has 0 saturated heterocycles. The fraction of sp³-hybridized carbons (Fsp3) is 0.0714. The summed E-state index contributed by atoms with van der Waals surface area (Å²) in [5.74, 6) is 0.166. The van der Waals surface area contributed by atoms with Crippen molar-refractivity contribution in [2.75, 3.05) is 0 Å². The lowest BCUT2D eigenvalue weighted by molar-refractivity contribution is 0.478. The number of rotatable bonds is 3. The van der Waals surface area contributed by atoms with Gasteiger partial charge in [0.2, 0.25) is 0 Å². The molecule has 1 heterocycles. The first kappa shape index (κ1) is 11.6. The van der Waals surface area contributed by atoms with Crippen LogP contribution in [0.15, 0.2) is 34.5 Å². The maximum absolute atomic E-state index is 10.2. The highest BCUT2D eigenvalue weighted by atomic mass is 32.1. The fourth-order valence-corrected chi connectivity index (χ4v) is 2.52. The molecule has 2 rings (SSSR count). The smallest absolute Gasteiger partial charge is 0.149 e. The van der Waals surface area contributed by atoms with Crippen LogP contribution in [-0.2, 0) is 0 Å². The third-order valence-electron chi connectivity index (χ3n) is 2.71. The summed E-state index contributed by atoms with van der Waals surface area (Å²) in [5.41, 5.74) is 4.15. The zero-order valence-electron chi connectivity index (χ0n) is 9.60. The second-order valence-corrected chi connectivity index (χ2v) is 4.51. The number of benzene rings is 1. The predicted molar refractivity (Wildman–Crippen MR) is 75.5 cm³/mol. The topological polar surface area (TPSA) is 32.6 Å². The van der Waals surface area contributed by atoms with Gasteiger partial charge in [0, 0.05) is 11.1 Å². The maximum Gasteiger partial charge on any atom is 0.149 e. The number of nitrogens with zero attached hydrogens (tertiary/aromatic N) is 1. The number of hydrogen-bond acceptors (Lipinski definition) is 3. The molecule has 3 heteroatoms. The van der Waals surface area contributed by atoms with Gasteiger partial charge in [0.1, 0.15) is 11.4 Å². The fourth-order valence-electron chi connectivity index (χ4n) is 1.86. The van der Waals surface area contributed by atoms with Crippen LogP contribution in [-0.4, -0.2) is 11.8 Å². The highest BCUT2D eigenvalue weighted by Gasteiger charge is 2.14. The van der Waals surface area contributed by atoms with Crippen LogP contribution in [0.4, 0.5) is 5.69 Å². The van der Waals surface area contributed by atoms with E-state index < -0.39 is 0 Å². The lowest BCUT2D eigenvalue weighted by Gasteiger charge is -2.11. The van der Waals surface area contributed by atoms with Gasteiger partial charge in [-0.15, -0.1) is 0 Å². The van der Waals surface area contributed by atoms with E-state index in [1.165, 1.54) is 0 Å². The Morgan fingerprint density at radius 2 is 2.24 bits per heavy atom. The van der Waals surface area contributed by atoms with Crippen LogP contribution in [0.3, 0.4) is 0 Å². The summed E-state index contributed by atoms with van der Waals surface area (Å²) in [6.45, 7) is 9.22. The summed E-state index contributed by atoms with van der Waals surface area (Å²) in [7, 11) is 0. The van der Waals surface area contributed by atoms with Gasteiger partial charge in [0.25, 0.3) is 0 Å². The second kappa shape index (κ2) is 4.55. The summed E-state index contributed by atoms with van der Waals surface area (Å²) < 4.78 is 0. The van der Waals surface area contributed by atoms with Crippen LogP contribution < -0.4 is 0 Å². The largest absolute Gasteiger partial charge is 0.505 e. The van der Waals surface area contributed by atoms with Crippen LogP contribution >= 0.6 is 11.3 Å². The van der Waals surface area contributed by atoms with Crippen LogP contribution in [0.1, 0.15) is 11.1 Å². The summed E-state index contributed by atoms with van der Waals surface area (Å²) in [6.07, 6.45) is 1.69. The number of aryl methyl sites for hydroxylation is 1. The highest BCUT2D eigenvalue weighted by Crippen LogP contribution is 2.42. The van der Waals surface area contributed by atoms with Gasteiger partial charge in [0.15, 0.2) is 0 Å². The molecule has 1 N–H and O–H groups in total. The van der Waals surface area contributed by atoms with Gasteiger partial charge in [-0.1, -0.05) is 12.7 Å². The molecular weight excluding hydrogens is 230 g/mol. The highest BCUT2D eigenvalue weighted by molar-refractivity contribution is 7.08. The average Bonchev–Trinajstić information content (AvgIpc) is 2.84. The molecule has 0 spiro atoms. The minimum absolute atomic E-state index is 0.166. The molecule has 1 aromatic carbocycles. The van der Waals surface area contributed by atoms with Gasteiger partial charge < -0.3 is 5.11 Å². The molecule has 0 saturated carbocycles. The minimum atomic E-state index is 0.166. The molecule has 0 amide bonds. The minimum Gasteiger partial charge on any atom is -0.505 e. The monoisotopic (exact) mass is 243 g/mol. The quantitative estimate of drug-likeness (QED) is 0.796. The van der Waals surface area contributed by atoms with Crippen molar-refractivity contribution in [3.63, 3.8) is 0 Å². The van der Waals surface area contributed by atoms with Crippen LogP contribution in [0.25, 0.3) is 17.2 Å². The van der Waals surface area contributed by atoms with Gasteiger partial charge in [-0.2, -0.15) is 11.3 Å².